The van der Waals surface area contributed by atoms with Crippen LogP contribution in [0.5, 0.6) is 0 Å². The normalized spacial score (nSPS) is 13.7. The van der Waals surface area contributed by atoms with E-state index in [1.54, 1.807) is 5.57 Å². The van der Waals surface area contributed by atoms with E-state index in [-0.39, 0.29) is 48.1 Å². The Labute approximate surface area is 213 Å². The van der Waals surface area contributed by atoms with Crippen LogP contribution in [0.1, 0.15) is 64.5 Å². The van der Waals surface area contributed by atoms with Gasteiger partial charge in [0.15, 0.2) is 0 Å². The average Bonchev–Trinajstić information content (AvgIpc) is 3.07. The van der Waals surface area contributed by atoms with Crippen LogP contribution in [0, 0.1) is 5.41 Å². The molecule has 1 aliphatic carbocycles. The van der Waals surface area contributed by atoms with Crippen LogP contribution in [-0.2, 0) is 25.9 Å². The molecule has 1 aliphatic rings. The molecule has 0 nitrogen and oxygen atoms in total. The second kappa shape index (κ2) is 12.5. The largest absolute Gasteiger partial charge is 1.00 e. The Kier molecular flexibility index (Phi) is 12.3. The van der Waals surface area contributed by atoms with Crippen molar-refractivity contribution in [3.8, 4) is 0 Å². The molecule has 0 radical (unpaired) electrons. The Morgan fingerprint density at radius 1 is 0.800 bits per heavy atom. The van der Waals surface area contributed by atoms with Crippen LogP contribution in [0.15, 0.2) is 81.8 Å². The second-order valence-electron chi connectivity index (χ2n) is 8.67. The standard InChI is InChI=1S/C26H31.3ClH.Ti/c1-5-6-19-26(21-13-9-7-10-14-21,22-15-11-8-12-16-22)24-18-17-23(20-24)25(2,3)4;;;;/h7-17H,5-6,18-19H2,1-4H3;3*1H;/q;;;;+3/p-3. The molecule has 0 saturated heterocycles. The number of unbranched alkanes of at least 4 members (excludes halogenated alkanes) is 1. The van der Waals surface area contributed by atoms with Crippen LogP contribution < -0.4 is 37.2 Å². The Bertz CT molecular complexity index is 794. The number of hydrogen-bond acceptors (Lipinski definition) is 0. The van der Waals surface area contributed by atoms with E-state index in [4.69, 9.17) is 0 Å². The zero-order valence-electron chi connectivity index (χ0n) is 18.3. The number of rotatable bonds is 6. The van der Waals surface area contributed by atoms with Gasteiger partial charge in [-0.25, -0.2) is 0 Å². The van der Waals surface area contributed by atoms with Gasteiger partial charge in [0.25, 0.3) is 0 Å². The number of halogens is 3. The summed E-state index contributed by atoms with van der Waals surface area (Å²) in [6.07, 6.45) is 7.15. The van der Waals surface area contributed by atoms with Crippen LogP contribution in [0.4, 0.5) is 0 Å². The van der Waals surface area contributed by atoms with Gasteiger partial charge in [-0.15, -0.1) is 0 Å². The molecule has 3 rings (SSSR count). The van der Waals surface area contributed by atoms with Gasteiger partial charge in [0, 0.05) is 0 Å². The minimum absolute atomic E-state index is 0. The van der Waals surface area contributed by atoms with Crippen molar-refractivity contribution >= 4 is 0 Å². The molecule has 0 spiro atoms. The Morgan fingerprint density at radius 3 is 1.63 bits per heavy atom. The maximum absolute atomic E-state index is 2.48. The average molecular weight is 498 g/mol. The van der Waals surface area contributed by atoms with Gasteiger partial charge in [0.2, 0.25) is 0 Å². The molecule has 4 heteroatoms. The predicted octanol–water partition coefficient (Wildman–Crippen LogP) is -1.65. The van der Waals surface area contributed by atoms with Crippen molar-refractivity contribution in [1.29, 1.82) is 0 Å². The van der Waals surface area contributed by atoms with Gasteiger partial charge in [-0.3, -0.25) is 0 Å². The van der Waals surface area contributed by atoms with Crippen molar-refractivity contribution in [2.75, 3.05) is 0 Å². The topological polar surface area (TPSA) is 0 Å². The van der Waals surface area contributed by atoms with E-state index in [9.17, 15) is 0 Å². The smallest absolute Gasteiger partial charge is 1.00 e. The Hall–Kier alpha value is -0.496. The molecule has 30 heavy (non-hydrogen) atoms. The SMILES string of the molecule is CCCCC(C1=[C]([Ti+3])C(C(C)(C)C)=CC1)(c1ccccc1)c1ccccc1.[Cl-].[Cl-].[Cl-]. The van der Waals surface area contributed by atoms with Crippen LogP contribution >= 0.6 is 0 Å². The molecule has 0 atom stereocenters. The van der Waals surface area contributed by atoms with Crippen molar-refractivity contribution < 1.29 is 57.7 Å². The van der Waals surface area contributed by atoms with Crippen molar-refractivity contribution in [1.82, 2.24) is 0 Å². The fourth-order valence-electron chi connectivity index (χ4n) is 4.48. The Balaban J connectivity index is 0.00000280. The van der Waals surface area contributed by atoms with Gasteiger partial charge in [-0.05, 0) is 0 Å². The van der Waals surface area contributed by atoms with E-state index in [1.807, 2.05) is 0 Å². The van der Waals surface area contributed by atoms with Gasteiger partial charge >= 0.3 is 178 Å². The molecule has 2 aromatic rings. The van der Waals surface area contributed by atoms with Crippen molar-refractivity contribution in [2.45, 2.75) is 58.8 Å². The summed E-state index contributed by atoms with van der Waals surface area (Å²) >= 11 is 2.35. The summed E-state index contributed by atoms with van der Waals surface area (Å²) in [7, 11) is 0. The first kappa shape index (κ1) is 29.5. The first-order valence-electron chi connectivity index (χ1n) is 10.2. The van der Waals surface area contributed by atoms with Gasteiger partial charge in [0.1, 0.15) is 0 Å². The molecule has 0 saturated carbocycles. The van der Waals surface area contributed by atoms with Crippen LogP contribution in [0.25, 0.3) is 0 Å². The zero-order chi connectivity index (χ0) is 19.5. The van der Waals surface area contributed by atoms with E-state index in [2.05, 4.69) is 115 Å². The quantitative estimate of drug-likeness (QED) is 0.420. The minimum Gasteiger partial charge on any atom is -1.00 e. The summed E-state index contributed by atoms with van der Waals surface area (Å²) in [5.41, 5.74) is 6.13. The fraction of sp³-hybridized carbons (Fsp3) is 0.385. The Morgan fingerprint density at radius 2 is 1.27 bits per heavy atom. The van der Waals surface area contributed by atoms with Crippen molar-refractivity contribution in [3.63, 3.8) is 0 Å². The van der Waals surface area contributed by atoms with E-state index >= 15 is 0 Å². The molecule has 0 fully saturated rings. The molecule has 0 unspecified atom stereocenters. The summed E-state index contributed by atoms with van der Waals surface area (Å²) < 4.78 is 1.51. The molecule has 0 aromatic heterocycles. The van der Waals surface area contributed by atoms with Gasteiger partial charge in [-0.2, -0.15) is 0 Å². The third-order valence-electron chi connectivity index (χ3n) is 5.84. The van der Waals surface area contributed by atoms with Crippen LogP contribution in [0.2, 0.25) is 0 Å². The molecule has 0 heterocycles. The predicted molar refractivity (Wildman–Crippen MR) is 112 cm³/mol. The van der Waals surface area contributed by atoms with E-state index < -0.39 is 0 Å². The molecule has 2 aromatic carbocycles. The molecule has 0 aliphatic heterocycles. The number of allylic oxidation sites excluding steroid dienone is 4. The van der Waals surface area contributed by atoms with Crippen LogP contribution in [-0.4, -0.2) is 0 Å². The molecule has 0 bridgehead atoms. The summed E-state index contributed by atoms with van der Waals surface area (Å²) in [6.45, 7) is 9.31. The zero-order valence-corrected chi connectivity index (χ0v) is 22.1. The van der Waals surface area contributed by atoms with Crippen molar-refractivity contribution in [2.24, 2.45) is 5.41 Å². The molecule has 160 valence electrons. The first-order chi connectivity index (χ1) is 12.9. The third-order valence-corrected chi connectivity index (χ3v) is 6.73. The minimum atomic E-state index is -0.0356. The monoisotopic (exact) mass is 496 g/mol. The van der Waals surface area contributed by atoms with Gasteiger partial charge in [-0.1, -0.05) is 0 Å². The number of benzene rings is 2. The van der Waals surface area contributed by atoms with Crippen molar-refractivity contribution in [3.05, 3.63) is 92.9 Å². The maximum atomic E-state index is 2.48. The summed E-state index contributed by atoms with van der Waals surface area (Å²) in [4.78, 5) is 0. The van der Waals surface area contributed by atoms with Crippen LogP contribution in [0.3, 0.4) is 0 Å². The van der Waals surface area contributed by atoms with Gasteiger partial charge in [0.05, 0.1) is 0 Å². The van der Waals surface area contributed by atoms with E-state index in [0.717, 1.165) is 12.8 Å². The fourth-order valence-corrected chi connectivity index (χ4v) is 5.72. The molecule has 0 N–H and O–H groups in total. The van der Waals surface area contributed by atoms with E-state index in [0.29, 0.717) is 0 Å². The third kappa shape index (κ3) is 5.84. The second-order valence-corrected chi connectivity index (χ2v) is 9.45. The molecular weight excluding hydrogens is 467 g/mol. The summed E-state index contributed by atoms with van der Waals surface area (Å²) in [5.74, 6) is 0. The summed E-state index contributed by atoms with van der Waals surface area (Å²) in [6, 6.07) is 22.4. The number of hydrogen-bond donors (Lipinski definition) is 0. The van der Waals surface area contributed by atoms with E-state index in [1.165, 1.54) is 33.4 Å². The molecule has 0 amide bonds. The summed E-state index contributed by atoms with van der Waals surface area (Å²) in [5, 5.41) is 0. The van der Waals surface area contributed by atoms with Gasteiger partial charge < -0.3 is 37.2 Å². The maximum Gasteiger partial charge on any atom is -1.00 e. The first-order valence-corrected chi connectivity index (χ1v) is 11.0. The molecular formula is C26H31Cl3Ti.